The maximum absolute atomic E-state index is 12.2. The quantitative estimate of drug-likeness (QED) is 0.857. The molecular weight excluding hydrogens is 262 g/mol. The van der Waals surface area contributed by atoms with Gasteiger partial charge < -0.3 is 19.5 Å². The monoisotopic (exact) mass is 287 g/mol. The minimum absolute atomic E-state index is 0.249. The van der Waals surface area contributed by atoms with Gasteiger partial charge in [-0.05, 0) is 40.5 Å². The largest absolute Gasteiger partial charge is 0.481 e. The lowest BCUT2D eigenvalue weighted by atomic mass is 9.96. The summed E-state index contributed by atoms with van der Waals surface area (Å²) < 4.78 is 10.7. The van der Waals surface area contributed by atoms with E-state index in [1.807, 2.05) is 20.8 Å². The van der Waals surface area contributed by atoms with Gasteiger partial charge in [-0.15, -0.1) is 0 Å². The van der Waals surface area contributed by atoms with Crippen molar-refractivity contribution in [2.45, 2.75) is 58.3 Å². The van der Waals surface area contributed by atoms with Crippen molar-refractivity contribution in [3.05, 3.63) is 0 Å². The van der Waals surface area contributed by atoms with Crippen LogP contribution in [0.3, 0.4) is 0 Å². The zero-order valence-electron chi connectivity index (χ0n) is 12.9. The molecule has 0 saturated carbocycles. The second-order valence-corrected chi connectivity index (χ2v) is 6.21. The molecule has 6 heteroatoms. The molecule has 1 rings (SSSR count). The summed E-state index contributed by atoms with van der Waals surface area (Å²) in [5.74, 6) is -1.60. The van der Waals surface area contributed by atoms with Gasteiger partial charge >= 0.3 is 12.1 Å². The number of amides is 1. The molecule has 6 nitrogen and oxygen atoms in total. The van der Waals surface area contributed by atoms with Gasteiger partial charge in [-0.1, -0.05) is 0 Å². The molecule has 0 spiro atoms. The lowest BCUT2D eigenvalue weighted by Gasteiger charge is -2.34. The summed E-state index contributed by atoms with van der Waals surface area (Å²) in [5.41, 5.74) is -0.564. The Bertz CT molecular complexity index is 363. The molecule has 116 valence electrons. The number of likely N-dealkylation sites (tertiary alicyclic amines) is 1. The Hall–Kier alpha value is -1.30. The fraction of sp³-hybridized carbons (Fsp3) is 0.857. The van der Waals surface area contributed by atoms with E-state index in [9.17, 15) is 9.59 Å². The van der Waals surface area contributed by atoms with Crippen molar-refractivity contribution in [2.75, 3.05) is 13.7 Å². The highest BCUT2D eigenvalue weighted by atomic mass is 16.6. The molecule has 1 aliphatic heterocycles. The highest BCUT2D eigenvalue weighted by Crippen LogP contribution is 2.27. The molecule has 20 heavy (non-hydrogen) atoms. The van der Waals surface area contributed by atoms with Crippen LogP contribution in [-0.2, 0) is 14.3 Å². The van der Waals surface area contributed by atoms with Gasteiger partial charge in [0.2, 0.25) is 0 Å². The van der Waals surface area contributed by atoms with Gasteiger partial charge in [0.1, 0.15) is 5.60 Å². The predicted octanol–water partition coefficient (Wildman–Crippen LogP) is 2.12. The number of hydrogen-bond donors (Lipinski definition) is 1. The van der Waals surface area contributed by atoms with E-state index in [0.717, 1.165) is 12.8 Å². The first kappa shape index (κ1) is 16.8. The number of nitrogens with zero attached hydrogens (tertiary/aromatic N) is 1. The lowest BCUT2D eigenvalue weighted by molar-refractivity contribution is -0.147. The fourth-order valence-corrected chi connectivity index (χ4v) is 2.52. The summed E-state index contributed by atoms with van der Waals surface area (Å²) in [6.45, 7) is 7.60. The second kappa shape index (κ2) is 6.43. The average molecular weight is 287 g/mol. The zero-order chi connectivity index (χ0) is 15.5. The van der Waals surface area contributed by atoms with Crippen LogP contribution >= 0.6 is 0 Å². The van der Waals surface area contributed by atoms with Crippen LogP contribution in [0.2, 0.25) is 0 Å². The van der Waals surface area contributed by atoms with E-state index in [1.165, 1.54) is 7.11 Å². The number of ether oxygens (including phenoxy) is 2. The molecule has 0 aliphatic carbocycles. The summed E-state index contributed by atoms with van der Waals surface area (Å²) in [4.78, 5) is 24.9. The summed E-state index contributed by atoms with van der Waals surface area (Å²) in [6.07, 6.45) is 0.632. The van der Waals surface area contributed by atoms with Gasteiger partial charge in [-0.25, -0.2) is 4.79 Å². The van der Waals surface area contributed by atoms with Gasteiger partial charge in [0, 0.05) is 13.7 Å². The van der Waals surface area contributed by atoms with E-state index in [1.54, 1.807) is 11.8 Å². The van der Waals surface area contributed by atoms with E-state index in [4.69, 9.17) is 14.6 Å². The molecule has 0 aromatic heterocycles. The Kier molecular flexibility index (Phi) is 5.39. The molecule has 0 radical (unpaired) electrons. The van der Waals surface area contributed by atoms with E-state index in [2.05, 4.69) is 0 Å². The van der Waals surface area contributed by atoms with E-state index < -0.39 is 29.7 Å². The highest BCUT2D eigenvalue weighted by Gasteiger charge is 2.41. The second-order valence-electron chi connectivity index (χ2n) is 6.21. The molecule has 1 saturated heterocycles. The summed E-state index contributed by atoms with van der Waals surface area (Å²) >= 11 is 0. The third-order valence-corrected chi connectivity index (χ3v) is 3.46. The van der Waals surface area contributed by atoms with Gasteiger partial charge in [0.25, 0.3) is 0 Å². The van der Waals surface area contributed by atoms with Gasteiger partial charge in [-0.3, -0.25) is 4.79 Å². The summed E-state index contributed by atoms with van der Waals surface area (Å²) in [6, 6.07) is -0.249. The van der Waals surface area contributed by atoms with Crippen molar-refractivity contribution in [2.24, 2.45) is 5.92 Å². The van der Waals surface area contributed by atoms with Crippen LogP contribution in [0.25, 0.3) is 0 Å². The van der Waals surface area contributed by atoms with E-state index in [0.29, 0.717) is 6.54 Å². The molecular formula is C14H25NO5. The molecule has 0 aromatic rings. The number of methoxy groups -OCH3 is 1. The van der Waals surface area contributed by atoms with Crippen LogP contribution in [-0.4, -0.2) is 53.5 Å². The van der Waals surface area contributed by atoms with Crippen molar-refractivity contribution in [3.8, 4) is 0 Å². The minimum Gasteiger partial charge on any atom is -0.481 e. The smallest absolute Gasteiger partial charge is 0.410 e. The van der Waals surface area contributed by atoms with Crippen LogP contribution in [0.1, 0.15) is 40.5 Å². The lowest BCUT2D eigenvalue weighted by Crippen LogP contribution is -2.49. The first-order valence-electron chi connectivity index (χ1n) is 6.92. The Balaban J connectivity index is 2.82. The molecule has 1 fully saturated rings. The minimum atomic E-state index is -0.923. The molecule has 1 N–H and O–H groups in total. The average Bonchev–Trinajstić information content (AvgIpc) is 2.76. The Morgan fingerprint density at radius 1 is 1.35 bits per heavy atom. The normalized spacial score (nSPS) is 22.4. The standard InChI is InChI=1S/C14H25NO5/c1-9(12(16)17)11(19-5)10-7-6-8-15(10)13(18)20-14(2,3)4/h9-11H,6-8H2,1-5H3,(H,16,17)/t9-,10-,11-/m0/s1. The van der Waals surface area contributed by atoms with Crippen LogP contribution in [0.15, 0.2) is 0 Å². The van der Waals surface area contributed by atoms with Gasteiger partial charge in [0.05, 0.1) is 18.1 Å². The van der Waals surface area contributed by atoms with Crippen LogP contribution < -0.4 is 0 Å². The van der Waals surface area contributed by atoms with Crippen molar-refractivity contribution in [1.82, 2.24) is 4.90 Å². The molecule has 1 aliphatic rings. The summed E-state index contributed by atoms with van der Waals surface area (Å²) in [5, 5.41) is 9.14. The predicted molar refractivity (Wildman–Crippen MR) is 73.6 cm³/mol. The topological polar surface area (TPSA) is 76.1 Å². The third kappa shape index (κ3) is 4.10. The van der Waals surface area contributed by atoms with Crippen LogP contribution in [0.5, 0.6) is 0 Å². The number of carbonyl (C=O) groups excluding carboxylic acids is 1. The molecule has 0 aromatic carbocycles. The Labute approximate surface area is 120 Å². The van der Waals surface area contributed by atoms with Crippen LogP contribution in [0, 0.1) is 5.92 Å². The number of hydrogen-bond acceptors (Lipinski definition) is 4. The summed E-state index contributed by atoms with van der Waals surface area (Å²) in [7, 11) is 1.48. The molecule has 1 amide bonds. The third-order valence-electron chi connectivity index (χ3n) is 3.46. The SMILES string of the molecule is CO[C@@H]([C@H](C)C(=O)O)[C@@H]1CCCN1C(=O)OC(C)(C)C. The first-order valence-corrected chi connectivity index (χ1v) is 6.92. The molecule has 1 heterocycles. The van der Waals surface area contributed by atoms with Crippen molar-refractivity contribution in [3.63, 3.8) is 0 Å². The Morgan fingerprint density at radius 2 is 1.95 bits per heavy atom. The number of rotatable bonds is 4. The number of carboxylic acids is 1. The maximum atomic E-state index is 12.2. The number of carboxylic acid groups (broad SMARTS) is 1. The fourth-order valence-electron chi connectivity index (χ4n) is 2.52. The van der Waals surface area contributed by atoms with Gasteiger partial charge in [0.15, 0.2) is 0 Å². The first-order chi connectivity index (χ1) is 9.17. The zero-order valence-corrected chi connectivity index (χ0v) is 12.9. The molecule has 3 atom stereocenters. The van der Waals surface area contributed by atoms with E-state index >= 15 is 0 Å². The van der Waals surface area contributed by atoms with E-state index in [-0.39, 0.29) is 6.04 Å². The van der Waals surface area contributed by atoms with Gasteiger partial charge in [-0.2, -0.15) is 0 Å². The highest BCUT2D eigenvalue weighted by molar-refractivity contribution is 5.71. The maximum Gasteiger partial charge on any atom is 0.410 e. The van der Waals surface area contributed by atoms with Crippen molar-refractivity contribution < 1.29 is 24.2 Å². The molecule has 0 bridgehead atoms. The van der Waals surface area contributed by atoms with Crippen molar-refractivity contribution in [1.29, 1.82) is 0 Å². The van der Waals surface area contributed by atoms with Crippen LogP contribution in [0.4, 0.5) is 4.79 Å². The number of aliphatic carboxylic acids is 1. The number of carbonyl (C=O) groups is 2. The van der Waals surface area contributed by atoms with Crippen molar-refractivity contribution >= 4 is 12.1 Å². The molecule has 0 unspecified atom stereocenters. The Morgan fingerprint density at radius 3 is 2.40 bits per heavy atom.